The van der Waals surface area contributed by atoms with Gasteiger partial charge in [0.05, 0.1) is 5.56 Å². The van der Waals surface area contributed by atoms with Crippen LogP contribution in [0.2, 0.25) is 0 Å². The highest BCUT2D eigenvalue weighted by Crippen LogP contribution is 2.35. The summed E-state index contributed by atoms with van der Waals surface area (Å²) >= 11 is 1.53. The Bertz CT molecular complexity index is 847. The molecule has 1 aliphatic rings. The lowest BCUT2D eigenvalue weighted by Gasteiger charge is -2.15. The Labute approximate surface area is 152 Å². The van der Waals surface area contributed by atoms with Crippen LogP contribution in [0.5, 0.6) is 0 Å². The molecule has 0 spiro atoms. The van der Waals surface area contributed by atoms with Crippen molar-refractivity contribution in [3.05, 3.63) is 50.9 Å². The molecule has 0 radical (unpaired) electrons. The van der Waals surface area contributed by atoms with Crippen LogP contribution in [0.15, 0.2) is 18.2 Å². The minimum atomic E-state index is -0.0311. The maximum Gasteiger partial charge on any atom is 0.225 e. The maximum atomic E-state index is 12.5. The zero-order valence-corrected chi connectivity index (χ0v) is 15.7. The molecular formula is C20H23N3OS. The number of rotatable bonds is 4. The minimum Gasteiger partial charge on any atom is -0.317 e. The van der Waals surface area contributed by atoms with Gasteiger partial charge < -0.3 is 10.6 Å². The number of carbonyl (C=O) groups is 1. The standard InChI is InChI=1S/C20H23N3OS/c1-12-4-5-13(2)16(8-12)14(3)9-19(24)23-20-17(10-21)15-6-7-22-11-18(15)25-20/h4-5,8,14,22H,6-7,9,11H2,1-3H3,(H,23,24). The number of fused-ring (bicyclic) bond motifs is 1. The van der Waals surface area contributed by atoms with E-state index in [9.17, 15) is 10.1 Å². The number of nitrogens with zero attached hydrogens (tertiary/aromatic N) is 1. The lowest BCUT2D eigenvalue weighted by atomic mass is 9.92. The minimum absolute atomic E-state index is 0.0311. The molecule has 0 bridgehead atoms. The number of hydrogen-bond acceptors (Lipinski definition) is 4. The Hall–Kier alpha value is -2.16. The zero-order valence-electron chi connectivity index (χ0n) is 14.9. The lowest BCUT2D eigenvalue weighted by molar-refractivity contribution is -0.116. The number of anilines is 1. The van der Waals surface area contributed by atoms with Crippen LogP contribution in [0.4, 0.5) is 5.00 Å². The third-order valence-electron chi connectivity index (χ3n) is 4.75. The summed E-state index contributed by atoms with van der Waals surface area (Å²) in [7, 11) is 0. The first-order chi connectivity index (χ1) is 12.0. The van der Waals surface area contributed by atoms with Crippen molar-refractivity contribution in [2.24, 2.45) is 0 Å². The molecular weight excluding hydrogens is 330 g/mol. The molecule has 1 aromatic heterocycles. The summed E-state index contributed by atoms with van der Waals surface area (Å²) in [4.78, 5) is 13.7. The quantitative estimate of drug-likeness (QED) is 0.873. The van der Waals surface area contributed by atoms with Gasteiger partial charge in [-0.2, -0.15) is 5.26 Å². The van der Waals surface area contributed by atoms with Gasteiger partial charge in [-0.25, -0.2) is 0 Å². The zero-order chi connectivity index (χ0) is 18.0. The van der Waals surface area contributed by atoms with Crippen molar-refractivity contribution in [2.45, 2.75) is 46.1 Å². The molecule has 0 saturated carbocycles. The molecule has 4 nitrogen and oxygen atoms in total. The molecule has 2 heterocycles. The number of carbonyl (C=O) groups excluding carboxylic acids is 1. The number of amides is 1. The van der Waals surface area contributed by atoms with Gasteiger partial charge in [0, 0.05) is 17.8 Å². The number of benzene rings is 1. The van der Waals surface area contributed by atoms with E-state index >= 15 is 0 Å². The molecule has 25 heavy (non-hydrogen) atoms. The molecule has 1 amide bonds. The van der Waals surface area contributed by atoms with Crippen molar-refractivity contribution in [1.82, 2.24) is 5.32 Å². The largest absolute Gasteiger partial charge is 0.317 e. The highest BCUT2D eigenvalue weighted by atomic mass is 32.1. The molecule has 0 fully saturated rings. The highest BCUT2D eigenvalue weighted by molar-refractivity contribution is 7.16. The van der Waals surface area contributed by atoms with Gasteiger partial charge in [-0.05, 0) is 49.4 Å². The summed E-state index contributed by atoms with van der Waals surface area (Å²) in [5.41, 5.74) is 5.38. The van der Waals surface area contributed by atoms with E-state index in [0.29, 0.717) is 17.0 Å². The third-order valence-corrected chi connectivity index (χ3v) is 5.90. The van der Waals surface area contributed by atoms with E-state index in [1.165, 1.54) is 32.9 Å². The normalized spacial score (nSPS) is 14.5. The van der Waals surface area contributed by atoms with Crippen LogP contribution in [0.3, 0.4) is 0 Å². The number of hydrogen-bond donors (Lipinski definition) is 2. The van der Waals surface area contributed by atoms with Crippen molar-refractivity contribution < 1.29 is 4.79 Å². The molecule has 130 valence electrons. The van der Waals surface area contributed by atoms with Gasteiger partial charge in [-0.3, -0.25) is 4.79 Å². The number of nitriles is 1. The number of aryl methyl sites for hydroxylation is 2. The fourth-order valence-corrected chi connectivity index (χ4v) is 4.58. The third kappa shape index (κ3) is 3.76. The van der Waals surface area contributed by atoms with Gasteiger partial charge >= 0.3 is 0 Å². The van der Waals surface area contributed by atoms with E-state index in [1.54, 1.807) is 0 Å². The van der Waals surface area contributed by atoms with Crippen molar-refractivity contribution in [3.63, 3.8) is 0 Å². The van der Waals surface area contributed by atoms with Gasteiger partial charge in [0.2, 0.25) is 5.91 Å². The van der Waals surface area contributed by atoms with Crippen molar-refractivity contribution in [3.8, 4) is 6.07 Å². The fraction of sp³-hybridized carbons (Fsp3) is 0.400. The second kappa shape index (κ2) is 7.38. The topological polar surface area (TPSA) is 64.9 Å². The lowest BCUT2D eigenvalue weighted by Crippen LogP contribution is -2.22. The Morgan fingerprint density at radius 2 is 2.24 bits per heavy atom. The summed E-state index contributed by atoms with van der Waals surface area (Å²) in [6.45, 7) is 7.89. The molecule has 1 unspecified atom stereocenters. The number of nitrogens with one attached hydrogen (secondary N) is 2. The predicted octanol–water partition coefficient (Wildman–Crippen LogP) is 4.01. The smallest absolute Gasteiger partial charge is 0.225 e. The van der Waals surface area contributed by atoms with Gasteiger partial charge in [0.1, 0.15) is 11.1 Å². The number of thiophene rings is 1. The predicted molar refractivity (Wildman–Crippen MR) is 102 cm³/mol. The summed E-state index contributed by atoms with van der Waals surface area (Å²) in [6, 6.07) is 8.63. The van der Waals surface area contributed by atoms with Crippen LogP contribution in [0, 0.1) is 25.2 Å². The summed E-state index contributed by atoms with van der Waals surface area (Å²) < 4.78 is 0. The maximum absolute atomic E-state index is 12.5. The van der Waals surface area contributed by atoms with Crippen LogP contribution >= 0.6 is 11.3 Å². The second-order valence-electron chi connectivity index (χ2n) is 6.76. The van der Waals surface area contributed by atoms with Crippen molar-refractivity contribution >= 4 is 22.2 Å². The van der Waals surface area contributed by atoms with E-state index in [2.05, 4.69) is 55.7 Å². The molecule has 0 saturated heterocycles. The molecule has 1 aliphatic heterocycles. The fourth-order valence-electron chi connectivity index (χ4n) is 3.40. The van der Waals surface area contributed by atoms with E-state index in [1.807, 2.05) is 0 Å². The Kier molecular flexibility index (Phi) is 5.22. The van der Waals surface area contributed by atoms with Gasteiger partial charge in [0.15, 0.2) is 0 Å². The summed E-state index contributed by atoms with van der Waals surface area (Å²) in [6.07, 6.45) is 1.26. The molecule has 3 rings (SSSR count). The summed E-state index contributed by atoms with van der Waals surface area (Å²) in [5.74, 6) is 0.109. The van der Waals surface area contributed by atoms with Gasteiger partial charge in [0.25, 0.3) is 0 Å². The van der Waals surface area contributed by atoms with Crippen LogP contribution < -0.4 is 10.6 Å². The van der Waals surface area contributed by atoms with Crippen molar-refractivity contribution in [2.75, 3.05) is 11.9 Å². The molecule has 0 aliphatic carbocycles. The monoisotopic (exact) mass is 353 g/mol. The van der Waals surface area contributed by atoms with Crippen LogP contribution in [-0.2, 0) is 17.8 Å². The van der Waals surface area contributed by atoms with Crippen molar-refractivity contribution in [1.29, 1.82) is 5.26 Å². The van der Waals surface area contributed by atoms with Crippen LogP contribution in [0.1, 0.15) is 52.0 Å². The molecule has 1 atom stereocenters. The Balaban J connectivity index is 1.74. The average Bonchev–Trinajstić information content (AvgIpc) is 2.93. The van der Waals surface area contributed by atoms with E-state index < -0.39 is 0 Å². The van der Waals surface area contributed by atoms with E-state index in [0.717, 1.165) is 25.1 Å². The highest BCUT2D eigenvalue weighted by Gasteiger charge is 2.22. The average molecular weight is 353 g/mol. The van der Waals surface area contributed by atoms with E-state index in [-0.39, 0.29) is 11.8 Å². The SMILES string of the molecule is Cc1ccc(C)c(C(C)CC(=O)Nc2sc3c(c2C#N)CCNC3)c1. The first-order valence-corrected chi connectivity index (χ1v) is 9.43. The molecule has 2 N–H and O–H groups in total. The Morgan fingerprint density at radius 1 is 1.44 bits per heavy atom. The van der Waals surface area contributed by atoms with Crippen LogP contribution in [0.25, 0.3) is 0 Å². The van der Waals surface area contributed by atoms with Gasteiger partial charge in [-0.15, -0.1) is 11.3 Å². The molecule has 5 heteroatoms. The second-order valence-corrected chi connectivity index (χ2v) is 7.87. The first-order valence-electron chi connectivity index (χ1n) is 8.62. The molecule has 1 aromatic carbocycles. The first kappa shape index (κ1) is 17.7. The van der Waals surface area contributed by atoms with Crippen LogP contribution in [-0.4, -0.2) is 12.5 Å². The van der Waals surface area contributed by atoms with E-state index in [4.69, 9.17) is 0 Å². The molecule has 2 aromatic rings. The Morgan fingerprint density at radius 3 is 3.00 bits per heavy atom. The van der Waals surface area contributed by atoms with Gasteiger partial charge in [-0.1, -0.05) is 30.7 Å². The summed E-state index contributed by atoms with van der Waals surface area (Å²) in [5, 5.41) is 16.5.